The Hall–Kier alpha value is -1.86. The summed E-state index contributed by atoms with van der Waals surface area (Å²) in [5.41, 5.74) is 2.77. The second-order valence-electron chi connectivity index (χ2n) is 5.58. The highest BCUT2D eigenvalue weighted by Gasteiger charge is 2.39. The fourth-order valence-corrected chi connectivity index (χ4v) is 2.80. The van der Waals surface area contributed by atoms with Crippen LogP contribution in [0.3, 0.4) is 0 Å². The van der Waals surface area contributed by atoms with Crippen molar-refractivity contribution >= 4 is 0 Å². The summed E-state index contributed by atoms with van der Waals surface area (Å²) < 4.78 is 0. The van der Waals surface area contributed by atoms with E-state index in [0.29, 0.717) is 12.0 Å². The van der Waals surface area contributed by atoms with Gasteiger partial charge in [-0.25, -0.2) is 0 Å². The summed E-state index contributed by atoms with van der Waals surface area (Å²) >= 11 is 0. The van der Waals surface area contributed by atoms with Gasteiger partial charge in [-0.1, -0.05) is 66.7 Å². The molecule has 0 aromatic heterocycles. The van der Waals surface area contributed by atoms with Crippen molar-refractivity contribution in [3.8, 4) is 0 Å². The monoisotopic (exact) mass is 263 g/mol. The minimum Gasteiger partial charge on any atom is -0.291 e. The molecular weight excluding hydrogens is 242 g/mol. The Balaban J connectivity index is 1.73. The second-order valence-corrected chi connectivity index (χ2v) is 5.58. The first kappa shape index (κ1) is 13.1. The predicted molar refractivity (Wildman–Crippen MR) is 84.2 cm³/mol. The molecule has 0 spiro atoms. The number of rotatable bonds is 6. The lowest BCUT2D eigenvalue weighted by atomic mass is 10.1. The Labute approximate surface area is 121 Å². The van der Waals surface area contributed by atoms with Crippen molar-refractivity contribution in [3.63, 3.8) is 0 Å². The van der Waals surface area contributed by atoms with E-state index in [1.807, 2.05) is 0 Å². The van der Waals surface area contributed by atoms with E-state index >= 15 is 0 Å². The van der Waals surface area contributed by atoms with Crippen molar-refractivity contribution in [2.75, 3.05) is 0 Å². The summed E-state index contributed by atoms with van der Waals surface area (Å²) in [6, 6.07) is 22.1. The van der Waals surface area contributed by atoms with Crippen molar-refractivity contribution in [3.05, 3.63) is 84.4 Å². The fourth-order valence-electron chi connectivity index (χ4n) is 2.80. The van der Waals surface area contributed by atoms with Crippen LogP contribution < -0.4 is 0 Å². The summed E-state index contributed by atoms with van der Waals surface area (Å²) in [4.78, 5) is 2.58. The van der Waals surface area contributed by atoms with Crippen molar-refractivity contribution in [1.82, 2.24) is 4.90 Å². The van der Waals surface area contributed by atoms with Gasteiger partial charge in [0, 0.05) is 19.1 Å². The molecule has 0 aliphatic heterocycles. The minimum atomic E-state index is 0.660. The second kappa shape index (κ2) is 6.06. The normalized spacial score (nSPS) is 20.9. The molecule has 1 aliphatic carbocycles. The highest BCUT2D eigenvalue weighted by Crippen LogP contribution is 2.38. The van der Waals surface area contributed by atoms with Gasteiger partial charge in [-0.2, -0.15) is 0 Å². The van der Waals surface area contributed by atoms with E-state index in [1.165, 1.54) is 17.5 Å². The zero-order chi connectivity index (χ0) is 13.8. The van der Waals surface area contributed by atoms with Crippen LogP contribution in [0, 0.1) is 5.92 Å². The van der Waals surface area contributed by atoms with Crippen LogP contribution in [-0.4, -0.2) is 10.9 Å². The van der Waals surface area contributed by atoms with Gasteiger partial charge in [0.15, 0.2) is 0 Å². The third kappa shape index (κ3) is 3.17. The van der Waals surface area contributed by atoms with Crippen LogP contribution in [0.4, 0.5) is 0 Å². The first-order valence-electron chi connectivity index (χ1n) is 7.31. The van der Waals surface area contributed by atoms with Gasteiger partial charge in [-0.05, 0) is 23.5 Å². The zero-order valence-corrected chi connectivity index (χ0v) is 11.8. The molecule has 2 atom stereocenters. The Morgan fingerprint density at radius 3 is 1.80 bits per heavy atom. The molecule has 2 aromatic carbocycles. The molecule has 0 unspecified atom stereocenters. The van der Waals surface area contributed by atoms with Gasteiger partial charge in [-0.3, -0.25) is 4.90 Å². The van der Waals surface area contributed by atoms with E-state index < -0.39 is 0 Å². The van der Waals surface area contributed by atoms with Gasteiger partial charge in [0.2, 0.25) is 0 Å². The summed E-state index contributed by atoms with van der Waals surface area (Å²) in [6.45, 7) is 5.98. The zero-order valence-electron chi connectivity index (χ0n) is 11.8. The fraction of sp³-hybridized carbons (Fsp3) is 0.263. The number of nitrogens with zero attached hydrogens (tertiary/aromatic N) is 1. The Bertz CT molecular complexity index is 505. The summed E-state index contributed by atoms with van der Waals surface area (Å²) in [7, 11) is 0. The van der Waals surface area contributed by atoms with Crippen LogP contribution >= 0.6 is 0 Å². The number of hydrogen-bond acceptors (Lipinski definition) is 1. The highest BCUT2D eigenvalue weighted by atomic mass is 15.2. The number of benzene rings is 2. The molecule has 1 aliphatic rings. The maximum atomic E-state index is 3.94. The van der Waals surface area contributed by atoms with E-state index in [9.17, 15) is 0 Å². The Kier molecular flexibility index (Phi) is 3.98. The van der Waals surface area contributed by atoms with E-state index in [1.54, 1.807) is 0 Å². The molecular formula is C19H21N. The quantitative estimate of drug-likeness (QED) is 0.704. The molecule has 102 valence electrons. The first-order valence-corrected chi connectivity index (χ1v) is 7.31. The van der Waals surface area contributed by atoms with Gasteiger partial charge < -0.3 is 0 Å². The van der Waals surface area contributed by atoms with Crippen LogP contribution in [0.15, 0.2) is 73.3 Å². The summed E-state index contributed by atoms with van der Waals surface area (Å²) in [6.07, 6.45) is 3.36. The topological polar surface area (TPSA) is 3.24 Å². The van der Waals surface area contributed by atoms with Gasteiger partial charge >= 0.3 is 0 Å². The molecule has 1 saturated carbocycles. The highest BCUT2D eigenvalue weighted by molar-refractivity contribution is 5.19. The van der Waals surface area contributed by atoms with E-state index in [-0.39, 0.29) is 0 Å². The predicted octanol–water partition coefficient (Wildman–Crippen LogP) is 4.26. The summed E-state index contributed by atoms with van der Waals surface area (Å²) in [5.74, 6) is 0.669. The lowest BCUT2D eigenvalue weighted by Gasteiger charge is -2.23. The molecule has 0 amide bonds. The van der Waals surface area contributed by atoms with Gasteiger partial charge in [0.1, 0.15) is 0 Å². The third-order valence-corrected chi connectivity index (χ3v) is 4.03. The summed E-state index contributed by atoms with van der Waals surface area (Å²) in [5, 5.41) is 0. The third-order valence-electron chi connectivity index (χ3n) is 4.03. The molecule has 1 fully saturated rings. The molecule has 2 aromatic rings. The molecule has 1 nitrogen and oxygen atoms in total. The van der Waals surface area contributed by atoms with Crippen molar-refractivity contribution in [2.24, 2.45) is 5.92 Å². The average molecular weight is 263 g/mol. The molecule has 3 rings (SSSR count). The van der Waals surface area contributed by atoms with Crippen LogP contribution in [0.25, 0.3) is 0 Å². The SMILES string of the molecule is C=C[C@H]1C[C@H]1N(Cc1ccccc1)Cc1ccccc1. The molecule has 0 bridgehead atoms. The number of hydrogen-bond donors (Lipinski definition) is 0. The minimum absolute atomic E-state index is 0.660. The lowest BCUT2D eigenvalue weighted by molar-refractivity contribution is 0.239. The largest absolute Gasteiger partial charge is 0.291 e. The molecule has 1 heteroatoms. The van der Waals surface area contributed by atoms with Crippen molar-refractivity contribution in [2.45, 2.75) is 25.6 Å². The average Bonchev–Trinajstić information content (AvgIpc) is 3.28. The Morgan fingerprint density at radius 1 is 0.900 bits per heavy atom. The van der Waals surface area contributed by atoms with Crippen molar-refractivity contribution in [1.29, 1.82) is 0 Å². The molecule has 0 heterocycles. The maximum absolute atomic E-state index is 3.94. The van der Waals surface area contributed by atoms with Gasteiger partial charge in [0.25, 0.3) is 0 Å². The van der Waals surface area contributed by atoms with E-state index in [4.69, 9.17) is 0 Å². The van der Waals surface area contributed by atoms with Crippen molar-refractivity contribution < 1.29 is 0 Å². The van der Waals surface area contributed by atoms with E-state index in [2.05, 4.69) is 78.2 Å². The molecule has 20 heavy (non-hydrogen) atoms. The van der Waals surface area contributed by atoms with Crippen LogP contribution in [0.2, 0.25) is 0 Å². The molecule has 0 N–H and O–H groups in total. The molecule has 0 saturated heterocycles. The van der Waals surface area contributed by atoms with Crippen LogP contribution in [-0.2, 0) is 13.1 Å². The maximum Gasteiger partial charge on any atom is 0.0240 e. The van der Waals surface area contributed by atoms with Crippen LogP contribution in [0.5, 0.6) is 0 Å². The lowest BCUT2D eigenvalue weighted by Crippen LogP contribution is -2.26. The van der Waals surface area contributed by atoms with E-state index in [0.717, 1.165) is 13.1 Å². The van der Waals surface area contributed by atoms with Gasteiger partial charge in [0.05, 0.1) is 0 Å². The van der Waals surface area contributed by atoms with Crippen LogP contribution in [0.1, 0.15) is 17.5 Å². The molecule has 0 radical (unpaired) electrons. The smallest absolute Gasteiger partial charge is 0.0240 e. The Morgan fingerprint density at radius 2 is 1.40 bits per heavy atom. The van der Waals surface area contributed by atoms with Gasteiger partial charge in [-0.15, -0.1) is 6.58 Å². The standard InChI is InChI=1S/C19H21N/c1-2-18-13-19(18)20(14-16-9-5-3-6-10-16)15-17-11-7-4-8-12-17/h2-12,18-19H,1,13-15H2/t18-,19+/m0/s1. The first-order chi connectivity index (χ1) is 9.86.